The number of ether oxygens (including phenoxy) is 2. The molecule has 0 radical (unpaired) electrons. The van der Waals surface area contributed by atoms with Gasteiger partial charge in [0.1, 0.15) is 0 Å². The quantitative estimate of drug-likeness (QED) is 0.356. The fraction of sp³-hybridized carbons (Fsp3) is 0.692. The molecule has 0 aliphatic carbocycles. The Kier molecular flexibility index (Phi) is 9.57. The van der Waals surface area contributed by atoms with Crippen molar-refractivity contribution in [2.24, 2.45) is 0 Å². The van der Waals surface area contributed by atoms with Gasteiger partial charge in [0.15, 0.2) is 0 Å². The zero-order valence-electron chi connectivity index (χ0n) is 12.6. The molecule has 0 fully saturated rings. The Balaban J connectivity index is 3.76. The molecule has 0 heterocycles. The van der Waals surface area contributed by atoms with Gasteiger partial charge in [-0.15, -0.1) is 0 Å². The van der Waals surface area contributed by atoms with Gasteiger partial charge in [0, 0.05) is 32.9 Å². The Morgan fingerprint density at radius 3 is 2.10 bits per heavy atom. The molecule has 0 saturated carbocycles. The van der Waals surface area contributed by atoms with E-state index in [9.17, 15) is 19.2 Å². The molecule has 8 heteroatoms. The van der Waals surface area contributed by atoms with E-state index >= 15 is 0 Å². The van der Waals surface area contributed by atoms with Gasteiger partial charge >= 0.3 is 23.8 Å². The molecule has 0 aromatic heterocycles. The van der Waals surface area contributed by atoms with Gasteiger partial charge < -0.3 is 20.1 Å². The first-order chi connectivity index (χ1) is 9.82. The third-order valence-corrected chi connectivity index (χ3v) is 2.35. The van der Waals surface area contributed by atoms with Crippen LogP contribution in [-0.2, 0) is 28.7 Å². The second-order valence-electron chi connectivity index (χ2n) is 4.45. The van der Waals surface area contributed by atoms with Crippen molar-refractivity contribution in [3.63, 3.8) is 0 Å². The van der Waals surface area contributed by atoms with Crippen molar-refractivity contribution in [2.75, 3.05) is 19.8 Å². The number of esters is 2. The molecule has 1 atom stereocenters. The van der Waals surface area contributed by atoms with E-state index in [0.29, 0.717) is 12.8 Å². The summed E-state index contributed by atoms with van der Waals surface area (Å²) in [5.74, 6) is -2.28. The highest BCUT2D eigenvalue weighted by atomic mass is 16.5. The van der Waals surface area contributed by atoms with E-state index < -0.39 is 11.8 Å². The average Bonchev–Trinajstić information content (AvgIpc) is 2.37. The molecule has 1 unspecified atom stereocenters. The molecule has 0 bridgehead atoms. The molecule has 2 N–H and O–H groups in total. The Hall–Kier alpha value is -2.12. The Bertz CT molecular complexity index is 383. The normalized spacial score (nSPS) is 11.2. The third kappa shape index (κ3) is 11.4. The second-order valence-corrected chi connectivity index (χ2v) is 4.45. The lowest BCUT2D eigenvalue weighted by Crippen LogP contribution is -2.44. The largest absolute Gasteiger partial charge is 0.466 e. The number of amides is 2. The first kappa shape index (κ1) is 18.9. The molecule has 0 aliphatic heterocycles. The van der Waals surface area contributed by atoms with Crippen LogP contribution >= 0.6 is 0 Å². The SMILES string of the molecule is CC(=O)OCCCNC(=O)C(=O)NC(C)CCOC(C)=O. The van der Waals surface area contributed by atoms with Crippen LogP contribution < -0.4 is 10.6 Å². The molecular weight excluding hydrogens is 280 g/mol. The average molecular weight is 302 g/mol. The van der Waals surface area contributed by atoms with Crippen LogP contribution in [0.4, 0.5) is 0 Å². The standard InChI is InChI=1S/C13H22N2O6/c1-9(5-8-21-11(3)17)15-13(19)12(18)14-6-4-7-20-10(2)16/h9H,4-8H2,1-3H3,(H,14,18)(H,15,19). The number of rotatable bonds is 8. The van der Waals surface area contributed by atoms with Gasteiger partial charge in [-0.05, 0) is 13.3 Å². The molecular formula is C13H22N2O6. The first-order valence-electron chi connectivity index (χ1n) is 6.68. The number of nitrogens with one attached hydrogen (secondary N) is 2. The molecule has 2 amide bonds. The van der Waals surface area contributed by atoms with Gasteiger partial charge in [0.25, 0.3) is 0 Å². The minimum atomic E-state index is -0.753. The summed E-state index contributed by atoms with van der Waals surface area (Å²) >= 11 is 0. The van der Waals surface area contributed by atoms with Crippen molar-refractivity contribution in [3.05, 3.63) is 0 Å². The number of hydrogen-bond acceptors (Lipinski definition) is 6. The predicted molar refractivity (Wildman–Crippen MR) is 73.1 cm³/mol. The van der Waals surface area contributed by atoms with Crippen molar-refractivity contribution in [3.8, 4) is 0 Å². The Labute approximate surface area is 123 Å². The fourth-order valence-corrected chi connectivity index (χ4v) is 1.31. The van der Waals surface area contributed by atoms with Gasteiger partial charge in [-0.25, -0.2) is 0 Å². The highest BCUT2D eigenvalue weighted by Crippen LogP contribution is 1.92. The number of carbonyl (C=O) groups is 4. The van der Waals surface area contributed by atoms with E-state index in [1.165, 1.54) is 13.8 Å². The zero-order chi connectivity index (χ0) is 16.3. The van der Waals surface area contributed by atoms with Crippen molar-refractivity contribution in [1.29, 1.82) is 0 Å². The van der Waals surface area contributed by atoms with Gasteiger partial charge in [0.2, 0.25) is 0 Å². The van der Waals surface area contributed by atoms with Crippen molar-refractivity contribution >= 4 is 23.8 Å². The van der Waals surface area contributed by atoms with Crippen LogP contribution in [0.15, 0.2) is 0 Å². The maximum atomic E-state index is 11.5. The van der Waals surface area contributed by atoms with Crippen LogP contribution in [-0.4, -0.2) is 49.6 Å². The van der Waals surface area contributed by atoms with Crippen molar-refractivity contribution < 1.29 is 28.7 Å². The van der Waals surface area contributed by atoms with Crippen LogP contribution in [0.3, 0.4) is 0 Å². The van der Waals surface area contributed by atoms with Crippen LogP contribution in [0.1, 0.15) is 33.6 Å². The van der Waals surface area contributed by atoms with Gasteiger partial charge in [0.05, 0.1) is 13.2 Å². The summed E-state index contributed by atoms with van der Waals surface area (Å²) in [7, 11) is 0. The summed E-state index contributed by atoms with van der Waals surface area (Å²) in [6, 6.07) is -0.288. The monoisotopic (exact) mass is 302 g/mol. The Morgan fingerprint density at radius 1 is 0.952 bits per heavy atom. The lowest BCUT2D eigenvalue weighted by molar-refractivity contribution is -0.142. The molecule has 0 aromatic rings. The lowest BCUT2D eigenvalue weighted by Gasteiger charge is -2.13. The summed E-state index contributed by atoms with van der Waals surface area (Å²) in [4.78, 5) is 44.0. The molecule has 8 nitrogen and oxygen atoms in total. The molecule has 0 aliphatic rings. The van der Waals surface area contributed by atoms with Gasteiger partial charge in [-0.2, -0.15) is 0 Å². The van der Waals surface area contributed by atoms with Crippen LogP contribution in [0.5, 0.6) is 0 Å². The fourth-order valence-electron chi connectivity index (χ4n) is 1.31. The predicted octanol–water partition coefficient (Wildman–Crippen LogP) is -0.486. The molecule has 0 saturated heterocycles. The van der Waals surface area contributed by atoms with E-state index in [2.05, 4.69) is 15.4 Å². The summed E-state index contributed by atoms with van der Waals surface area (Å²) in [6.07, 6.45) is 0.853. The molecule has 0 aromatic carbocycles. The topological polar surface area (TPSA) is 111 Å². The van der Waals surface area contributed by atoms with Gasteiger partial charge in [-0.3, -0.25) is 19.2 Å². The summed E-state index contributed by atoms with van der Waals surface area (Å²) in [5.41, 5.74) is 0. The maximum absolute atomic E-state index is 11.5. The number of carbonyl (C=O) groups excluding carboxylic acids is 4. The Morgan fingerprint density at radius 2 is 1.52 bits per heavy atom. The summed E-state index contributed by atoms with van der Waals surface area (Å²) in [6.45, 7) is 4.91. The van der Waals surface area contributed by atoms with Gasteiger partial charge in [-0.1, -0.05) is 0 Å². The molecule has 0 spiro atoms. The molecule has 120 valence electrons. The van der Waals surface area contributed by atoms with Crippen molar-refractivity contribution in [1.82, 2.24) is 10.6 Å². The van der Waals surface area contributed by atoms with E-state index in [0.717, 1.165) is 0 Å². The second kappa shape index (κ2) is 10.6. The lowest BCUT2D eigenvalue weighted by atomic mass is 10.2. The molecule has 0 rings (SSSR count). The summed E-state index contributed by atoms with van der Waals surface area (Å²) < 4.78 is 9.41. The minimum absolute atomic E-state index is 0.181. The van der Waals surface area contributed by atoms with E-state index in [-0.39, 0.29) is 37.7 Å². The highest BCUT2D eigenvalue weighted by molar-refractivity contribution is 6.35. The highest BCUT2D eigenvalue weighted by Gasteiger charge is 2.15. The minimum Gasteiger partial charge on any atom is -0.466 e. The number of hydrogen-bond donors (Lipinski definition) is 2. The molecule has 21 heavy (non-hydrogen) atoms. The van der Waals surface area contributed by atoms with Crippen LogP contribution in [0, 0.1) is 0 Å². The van der Waals surface area contributed by atoms with Crippen LogP contribution in [0.25, 0.3) is 0 Å². The van der Waals surface area contributed by atoms with E-state index in [4.69, 9.17) is 4.74 Å². The van der Waals surface area contributed by atoms with Crippen molar-refractivity contribution in [2.45, 2.75) is 39.7 Å². The van der Waals surface area contributed by atoms with E-state index in [1.54, 1.807) is 6.92 Å². The van der Waals surface area contributed by atoms with E-state index in [1.807, 2.05) is 0 Å². The first-order valence-corrected chi connectivity index (χ1v) is 6.68. The smallest absolute Gasteiger partial charge is 0.309 e. The third-order valence-electron chi connectivity index (χ3n) is 2.35. The maximum Gasteiger partial charge on any atom is 0.309 e. The van der Waals surface area contributed by atoms with Crippen LogP contribution in [0.2, 0.25) is 0 Å². The zero-order valence-corrected chi connectivity index (χ0v) is 12.6. The summed E-state index contributed by atoms with van der Waals surface area (Å²) in [5, 5.41) is 4.89.